The van der Waals surface area contributed by atoms with Crippen molar-refractivity contribution in [2.75, 3.05) is 0 Å². The fourth-order valence-corrected chi connectivity index (χ4v) is 1.01. The molecule has 0 heterocycles. The van der Waals surface area contributed by atoms with Gasteiger partial charge in [-0.2, -0.15) is 18.2 Å². The fraction of sp³-hybridized carbons (Fsp3) is 0.0833. The molecule has 0 fully saturated rings. The maximum atomic E-state index is 9.75. The van der Waals surface area contributed by atoms with Gasteiger partial charge in [-0.25, -0.2) is 12.1 Å². The predicted molar refractivity (Wildman–Crippen MR) is 68.4 cm³/mol. The van der Waals surface area contributed by atoms with Gasteiger partial charge in [0.1, 0.15) is 0 Å². The van der Waals surface area contributed by atoms with Crippen molar-refractivity contribution in [1.29, 1.82) is 0 Å². The molecule has 0 bridgehead atoms. The van der Waals surface area contributed by atoms with Crippen molar-refractivity contribution < 1.29 is 34.3 Å². The third-order valence-electron chi connectivity index (χ3n) is 1.63. The maximum Gasteiger partial charge on any atom is 0.673 e. The van der Waals surface area contributed by atoms with E-state index in [2.05, 4.69) is 0 Å². The summed E-state index contributed by atoms with van der Waals surface area (Å²) in [6.07, 6.45) is 0. The van der Waals surface area contributed by atoms with Gasteiger partial charge < -0.3 is 17.3 Å². The summed E-state index contributed by atoms with van der Waals surface area (Å²) in [6, 6.07) is 17.8. The molecule has 0 radical (unpaired) electrons. The van der Waals surface area contributed by atoms with Gasteiger partial charge in [0.15, 0.2) is 0 Å². The number of aryl methyl sites for hydroxylation is 1. The zero-order valence-electron chi connectivity index (χ0n) is 10.0. The number of hydrogen-bond donors (Lipinski definition) is 0. The quantitative estimate of drug-likeness (QED) is 0.346. The smallest absolute Gasteiger partial charge is 0.418 e. The molecule has 0 atom stereocenters. The second kappa shape index (κ2) is 11.0. The van der Waals surface area contributed by atoms with Crippen LogP contribution in [-0.2, 0) is 17.1 Å². The van der Waals surface area contributed by atoms with Crippen LogP contribution in [0.3, 0.4) is 0 Å². The summed E-state index contributed by atoms with van der Waals surface area (Å²) in [5.74, 6) is 0. The fourth-order valence-electron chi connectivity index (χ4n) is 0.872. The van der Waals surface area contributed by atoms with Crippen molar-refractivity contribution in [2.24, 2.45) is 0 Å². The maximum absolute atomic E-state index is 9.75. The van der Waals surface area contributed by atoms with Gasteiger partial charge in [-0.1, -0.05) is 29.8 Å². The number of benzene rings is 1. The zero-order valence-corrected chi connectivity index (χ0v) is 11.9. The van der Waals surface area contributed by atoms with Crippen LogP contribution in [0, 0.1) is 6.92 Å². The Labute approximate surface area is 125 Å². The van der Waals surface area contributed by atoms with Crippen LogP contribution in [0.2, 0.25) is 5.02 Å². The number of rotatable bonds is 0. The van der Waals surface area contributed by atoms with Crippen LogP contribution >= 0.6 is 11.6 Å². The topological polar surface area (TPSA) is 0 Å². The molecule has 0 spiro atoms. The summed E-state index contributed by atoms with van der Waals surface area (Å²) in [5.41, 5.74) is 1.13. The van der Waals surface area contributed by atoms with Crippen molar-refractivity contribution in [2.45, 2.75) is 6.92 Å². The van der Waals surface area contributed by atoms with E-state index in [1.807, 2.05) is 61.5 Å². The Morgan fingerprint density at radius 2 is 1.37 bits per heavy atom. The molecular formula is C12H12BClF4Fe-2. The minimum atomic E-state index is -6.00. The molecule has 19 heavy (non-hydrogen) atoms. The predicted octanol–water partition coefficient (Wildman–Crippen LogP) is 5.35. The van der Waals surface area contributed by atoms with Gasteiger partial charge in [0.25, 0.3) is 0 Å². The van der Waals surface area contributed by atoms with Crippen molar-refractivity contribution in [3.63, 3.8) is 0 Å². The van der Waals surface area contributed by atoms with E-state index in [0.29, 0.717) is 0 Å². The molecule has 108 valence electrons. The Morgan fingerprint density at radius 3 is 1.58 bits per heavy atom. The van der Waals surface area contributed by atoms with Gasteiger partial charge in [-0.15, -0.1) is 0 Å². The van der Waals surface area contributed by atoms with E-state index < -0.39 is 7.25 Å². The van der Waals surface area contributed by atoms with Gasteiger partial charge in [-0.05, 0) is 18.6 Å². The molecule has 2 rings (SSSR count). The molecule has 0 aliphatic carbocycles. The minimum Gasteiger partial charge on any atom is -0.418 e. The van der Waals surface area contributed by atoms with E-state index in [0.717, 1.165) is 10.6 Å². The van der Waals surface area contributed by atoms with Crippen molar-refractivity contribution >= 4 is 18.9 Å². The summed E-state index contributed by atoms with van der Waals surface area (Å²) in [5, 5.41) is 0.840. The van der Waals surface area contributed by atoms with Gasteiger partial charge in [0, 0.05) is 22.1 Å². The summed E-state index contributed by atoms with van der Waals surface area (Å²) >= 11 is 5.71. The van der Waals surface area contributed by atoms with Crippen LogP contribution in [0.4, 0.5) is 17.3 Å². The summed E-state index contributed by atoms with van der Waals surface area (Å²) in [4.78, 5) is 0. The molecule has 0 amide bonds. The van der Waals surface area contributed by atoms with Gasteiger partial charge >= 0.3 is 7.25 Å². The first kappa shape index (κ1) is 20.5. The van der Waals surface area contributed by atoms with Crippen LogP contribution in [0.25, 0.3) is 0 Å². The third-order valence-corrected chi connectivity index (χ3v) is 2.06. The zero-order chi connectivity index (χ0) is 14.0. The average Bonchev–Trinajstić information content (AvgIpc) is 2.78. The van der Waals surface area contributed by atoms with E-state index in [-0.39, 0.29) is 17.1 Å². The van der Waals surface area contributed by atoms with Crippen molar-refractivity contribution in [3.8, 4) is 0 Å². The molecule has 0 unspecified atom stereocenters. The number of halogens is 5. The molecule has 2 aromatic rings. The van der Waals surface area contributed by atoms with Crippen molar-refractivity contribution in [3.05, 3.63) is 65.2 Å². The molecule has 2 aromatic carbocycles. The second-order valence-corrected chi connectivity index (χ2v) is 3.61. The Balaban J connectivity index is 0. The minimum absolute atomic E-state index is 0. The van der Waals surface area contributed by atoms with Crippen LogP contribution in [0.1, 0.15) is 5.56 Å². The Bertz CT molecular complexity index is 374. The van der Waals surface area contributed by atoms with Crippen LogP contribution in [0.5, 0.6) is 0 Å². The molecule has 0 nitrogen and oxygen atoms in total. The summed E-state index contributed by atoms with van der Waals surface area (Å²) in [6.45, 7) is 1.99. The Kier molecular flexibility index (Phi) is 11.9. The molecule has 7 heteroatoms. The van der Waals surface area contributed by atoms with Crippen LogP contribution in [-0.4, -0.2) is 7.25 Å². The molecule has 0 aromatic heterocycles. The molecular weight excluding hydrogens is 322 g/mol. The second-order valence-electron chi connectivity index (χ2n) is 3.21. The summed E-state index contributed by atoms with van der Waals surface area (Å²) < 4.78 is 39.0. The third kappa shape index (κ3) is 17.2. The van der Waals surface area contributed by atoms with Crippen LogP contribution < -0.4 is 0 Å². The SMILES string of the molecule is Cc1ccccc1Cl.F[B-](F)(F)F.[Fe].c1cc[cH-]c1. The molecule has 0 aliphatic rings. The molecule has 0 saturated carbocycles. The van der Waals surface area contributed by atoms with Crippen LogP contribution in [0.15, 0.2) is 54.6 Å². The monoisotopic (exact) mass is 334 g/mol. The van der Waals surface area contributed by atoms with E-state index in [1.54, 1.807) is 0 Å². The van der Waals surface area contributed by atoms with E-state index in [1.165, 1.54) is 0 Å². The summed E-state index contributed by atoms with van der Waals surface area (Å²) in [7, 11) is -6.00. The van der Waals surface area contributed by atoms with Gasteiger partial charge in [0.05, 0.1) is 0 Å². The first-order chi connectivity index (χ1) is 8.30. The Hall–Kier alpha value is -0.836. The van der Waals surface area contributed by atoms with Gasteiger partial charge in [-0.3, -0.25) is 0 Å². The number of hydrogen-bond acceptors (Lipinski definition) is 0. The molecule has 0 saturated heterocycles. The Morgan fingerprint density at radius 1 is 0.947 bits per heavy atom. The van der Waals surface area contributed by atoms with E-state index in [9.17, 15) is 17.3 Å². The van der Waals surface area contributed by atoms with E-state index in [4.69, 9.17) is 11.6 Å². The largest absolute Gasteiger partial charge is 0.673 e. The van der Waals surface area contributed by atoms with E-state index >= 15 is 0 Å². The average molecular weight is 334 g/mol. The molecule has 0 N–H and O–H groups in total. The first-order valence-corrected chi connectivity index (χ1v) is 5.43. The van der Waals surface area contributed by atoms with Crippen molar-refractivity contribution in [1.82, 2.24) is 0 Å². The molecule has 0 aliphatic heterocycles. The first-order valence-electron chi connectivity index (χ1n) is 5.06. The normalized spacial score (nSPS) is 9.16. The standard InChI is InChI=1S/C7H7Cl.C5H5.BF4.Fe/c1-6-4-2-3-5-7(6)8;1-2-4-5-3-1;2-1(3,4)5;/h2-5H,1H3;1-5H;;/q;2*-1;. The van der Waals surface area contributed by atoms with Gasteiger partial charge in [0.2, 0.25) is 0 Å².